The molecule has 8 nitrogen and oxygen atoms in total. The van der Waals surface area contributed by atoms with Crippen molar-refractivity contribution in [3.63, 3.8) is 0 Å². The molecule has 1 atom stereocenters. The Hall–Kier alpha value is -4.75. The van der Waals surface area contributed by atoms with E-state index in [1.807, 2.05) is 48.5 Å². The highest BCUT2D eigenvalue weighted by Gasteiger charge is 2.35. The van der Waals surface area contributed by atoms with E-state index in [-0.39, 0.29) is 30.2 Å². The first kappa shape index (κ1) is 33.2. The number of esters is 1. The average Bonchev–Trinajstić information content (AvgIpc) is 3.41. The average molecular weight is 777 g/mol. The third-order valence-electron chi connectivity index (χ3n) is 7.65. The summed E-state index contributed by atoms with van der Waals surface area (Å²) in [7, 11) is 3.13. The minimum Gasteiger partial charge on any atom is -0.497 e. The molecule has 0 saturated heterocycles. The molecule has 0 saturated carbocycles. The van der Waals surface area contributed by atoms with E-state index in [0.717, 1.165) is 14.7 Å². The van der Waals surface area contributed by atoms with Crippen LogP contribution in [0.15, 0.2) is 106 Å². The van der Waals surface area contributed by atoms with Gasteiger partial charge in [-0.1, -0.05) is 65.9 Å². The SMILES string of the molecule is CCOC(=O)C1=C(c2ccccc2)N=c2s/c(=C\c3cc(I)c(OCc4ccc(F)cc4)c(OC)c3)c(=O)n2[C@@H]1c1ccc(OC)cc1. The topological polar surface area (TPSA) is 88.4 Å². The Labute approximate surface area is 293 Å². The predicted molar refractivity (Wildman–Crippen MR) is 190 cm³/mol. The van der Waals surface area contributed by atoms with Crippen molar-refractivity contribution in [1.82, 2.24) is 4.57 Å². The Bertz CT molecular complexity index is 2180. The van der Waals surface area contributed by atoms with Crippen LogP contribution in [0.1, 0.15) is 35.2 Å². The van der Waals surface area contributed by atoms with Gasteiger partial charge in [0.2, 0.25) is 0 Å². The molecule has 6 rings (SSSR count). The minimum atomic E-state index is -0.805. The van der Waals surface area contributed by atoms with Crippen molar-refractivity contribution in [2.45, 2.75) is 19.6 Å². The van der Waals surface area contributed by atoms with Gasteiger partial charge in [0.1, 0.15) is 18.2 Å². The molecule has 11 heteroatoms. The lowest BCUT2D eigenvalue weighted by molar-refractivity contribution is -0.138. The predicted octanol–water partition coefficient (Wildman–Crippen LogP) is 6.28. The number of methoxy groups -OCH3 is 2. The fraction of sp³-hybridized carbons (Fsp3) is 0.162. The van der Waals surface area contributed by atoms with E-state index in [4.69, 9.17) is 23.9 Å². The van der Waals surface area contributed by atoms with Gasteiger partial charge in [-0.15, -0.1) is 0 Å². The van der Waals surface area contributed by atoms with Gasteiger partial charge in [0.15, 0.2) is 16.3 Å². The number of aromatic nitrogens is 1. The minimum absolute atomic E-state index is 0.161. The van der Waals surface area contributed by atoms with Gasteiger partial charge in [0, 0.05) is 5.56 Å². The second kappa shape index (κ2) is 14.6. The molecule has 0 spiro atoms. The molecule has 48 heavy (non-hydrogen) atoms. The van der Waals surface area contributed by atoms with Gasteiger partial charge in [0.05, 0.1) is 46.2 Å². The molecule has 2 heterocycles. The van der Waals surface area contributed by atoms with Gasteiger partial charge in [-0.25, -0.2) is 14.2 Å². The number of hydrogen-bond acceptors (Lipinski definition) is 8. The Morgan fingerprint density at radius 1 is 1.00 bits per heavy atom. The Kier molecular flexibility index (Phi) is 10.1. The largest absolute Gasteiger partial charge is 0.497 e. The number of ether oxygens (including phenoxy) is 4. The van der Waals surface area contributed by atoms with Crippen molar-refractivity contribution < 1.29 is 28.1 Å². The molecule has 4 aromatic carbocycles. The quantitative estimate of drug-likeness (QED) is 0.123. The van der Waals surface area contributed by atoms with Crippen LogP contribution in [0.5, 0.6) is 17.2 Å². The monoisotopic (exact) mass is 776 g/mol. The van der Waals surface area contributed by atoms with Crippen LogP contribution in [0, 0.1) is 9.39 Å². The van der Waals surface area contributed by atoms with E-state index in [1.54, 1.807) is 62.1 Å². The third kappa shape index (κ3) is 6.78. The first-order valence-corrected chi connectivity index (χ1v) is 16.9. The molecule has 0 fully saturated rings. The van der Waals surface area contributed by atoms with Crippen LogP contribution in [0.25, 0.3) is 11.8 Å². The highest BCUT2D eigenvalue weighted by Crippen LogP contribution is 2.37. The van der Waals surface area contributed by atoms with Gasteiger partial charge in [0.25, 0.3) is 5.56 Å². The molecule has 0 amide bonds. The summed E-state index contributed by atoms with van der Waals surface area (Å²) in [5, 5.41) is 0. The van der Waals surface area contributed by atoms with Gasteiger partial charge < -0.3 is 18.9 Å². The number of thiazole rings is 1. The molecule has 1 aliphatic heterocycles. The van der Waals surface area contributed by atoms with Crippen LogP contribution in [0.4, 0.5) is 4.39 Å². The second-order valence-electron chi connectivity index (χ2n) is 10.7. The summed E-state index contributed by atoms with van der Waals surface area (Å²) in [6.07, 6.45) is 1.78. The van der Waals surface area contributed by atoms with Gasteiger partial charge in [-0.3, -0.25) is 9.36 Å². The zero-order chi connectivity index (χ0) is 33.8. The summed E-state index contributed by atoms with van der Waals surface area (Å²) in [5.41, 5.74) is 3.36. The maximum absolute atomic E-state index is 14.3. The molecule has 1 aliphatic rings. The fourth-order valence-corrected chi connectivity index (χ4v) is 7.17. The van der Waals surface area contributed by atoms with Crippen molar-refractivity contribution in [2.24, 2.45) is 4.99 Å². The molecule has 244 valence electrons. The molecule has 1 aromatic heterocycles. The van der Waals surface area contributed by atoms with Crippen LogP contribution in [0.2, 0.25) is 0 Å². The lowest BCUT2D eigenvalue weighted by Gasteiger charge is -2.26. The summed E-state index contributed by atoms with van der Waals surface area (Å²) in [6.45, 7) is 2.13. The summed E-state index contributed by atoms with van der Waals surface area (Å²) in [4.78, 5) is 33.3. The number of fused-ring (bicyclic) bond motifs is 1. The van der Waals surface area contributed by atoms with Crippen LogP contribution in [-0.4, -0.2) is 31.4 Å². The zero-order valence-electron chi connectivity index (χ0n) is 26.2. The maximum atomic E-state index is 14.3. The smallest absolute Gasteiger partial charge is 0.338 e. The third-order valence-corrected chi connectivity index (χ3v) is 9.44. The number of benzene rings is 4. The van der Waals surface area contributed by atoms with E-state index in [2.05, 4.69) is 22.6 Å². The molecule has 0 aliphatic carbocycles. The van der Waals surface area contributed by atoms with E-state index in [9.17, 15) is 14.0 Å². The van der Waals surface area contributed by atoms with Crippen molar-refractivity contribution in [3.05, 3.63) is 148 Å². The molecular formula is C37H30FIN2O6S. The Morgan fingerprint density at radius 2 is 1.73 bits per heavy atom. The highest BCUT2D eigenvalue weighted by molar-refractivity contribution is 14.1. The van der Waals surface area contributed by atoms with Crippen LogP contribution in [0.3, 0.4) is 0 Å². The first-order chi connectivity index (χ1) is 23.3. The van der Waals surface area contributed by atoms with Crippen LogP contribution >= 0.6 is 33.9 Å². The second-order valence-corrected chi connectivity index (χ2v) is 12.8. The molecule has 0 unspecified atom stereocenters. The molecular weight excluding hydrogens is 746 g/mol. The van der Waals surface area contributed by atoms with E-state index < -0.39 is 12.0 Å². The number of carbonyl (C=O) groups is 1. The number of halogens is 2. The van der Waals surface area contributed by atoms with Crippen LogP contribution < -0.4 is 29.1 Å². The lowest BCUT2D eigenvalue weighted by Crippen LogP contribution is -2.40. The summed E-state index contributed by atoms with van der Waals surface area (Å²) in [6, 6.07) is 25.7. The van der Waals surface area contributed by atoms with E-state index in [0.29, 0.717) is 43.4 Å². The van der Waals surface area contributed by atoms with Crippen LogP contribution in [-0.2, 0) is 16.1 Å². The number of nitrogens with zero attached hydrogens (tertiary/aromatic N) is 2. The molecule has 0 N–H and O–H groups in total. The molecule has 0 bridgehead atoms. The van der Waals surface area contributed by atoms with Crippen molar-refractivity contribution in [3.8, 4) is 17.2 Å². The number of rotatable bonds is 10. The van der Waals surface area contributed by atoms with Gasteiger partial charge in [-0.05, 0) is 88.7 Å². The number of carbonyl (C=O) groups excluding carboxylic acids is 1. The highest BCUT2D eigenvalue weighted by atomic mass is 127. The Morgan fingerprint density at radius 3 is 2.40 bits per heavy atom. The van der Waals surface area contributed by atoms with Crippen molar-refractivity contribution in [2.75, 3.05) is 20.8 Å². The summed E-state index contributed by atoms with van der Waals surface area (Å²) >= 11 is 3.40. The first-order valence-electron chi connectivity index (χ1n) is 15.0. The summed E-state index contributed by atoms with van der Waals surface area (Å²) < 4.78 is 38.7. The normalized spacial score (nSPS) is 14.3. The fourth-order valence-electron chi connectivity index (χ4n) is 5.39. The number of hydrogen-bond donors (Lipinski definition) is 0. The molecule has 0 radical (unpaired) electrons. The Balaban J connectivity index is 1.49. The van der Waals surface area contributed by atoms with Gasteiger partial charge >= 0.3 is 5.97 Å². The zero-order valence-corrected chi connectivity index (χ0v) is 29.2. The van der Waals surface area contributed by atoms with Gasteiger partial charge in [-0.2, -0.15) is 0 Å². The lowest BCUT2D eigenvalue weighted by atomic mass is 9.93. The van der Waals surface area contributed by atoms with Crippen molar-refractivity contribution >= 4 is 51.7 Å². The standard InChI is InChI=1S/C37H30FIN2O6S/c1-4-46-36(43)31-32(24-8-6-5-7-9-24)40-37-41(33(31)25-12-16-27(44-2)17-13-25)35(42)30(48-37)20-23-18-28(39)34(29(19-23)45-3)47-21-22-10-14-26(38)15-11-22/h5-20,33H,4,21H2,1-3H3/b30-20-/t33-/m1/s1. The van der Waals surface area contributed by atoms with E-state index >= 15 is 0 Å². The maximum Gasteiger partial charge on any atom is 0.338 e. The summed E-state index contributed by atoms with van der Waals surface area (Å²) in [5.74, 6) is 0.793. The van der Waals surface area contributed by atoms with E-state index in [1.165, 1.54) is 23.5 Å². The van der Waals surface area contributed by atoms with Crippen molar-refractivity contribution in [1.29, 1.82) is 0 Å². The molecule has 5 aromatic rings.